The summed E-state index contributed by atoms with van der Waals surface area (Å²) in [6.45, 7) is 3.63. The Morgan fingerprint density at radius 1 is 1.33 bits per heavy atom. The molecule has 1 aromatic carbocycles. The summed E-state index contributed by atoms with van der Waals surface area (Å²) in [5, 5.41) is 9.05. The molecule has 90 valence electrons. The van der Waals surface area contributed by atoms with Gasteiger partial charge in [0.15, 0.2) is 6.29 Å². The van der Waals surface area contributed by atoms with Crippen molar-refractivity contribution in [2.75, 3.05) is 0 Å². The Morgan fingerprint density at radius 2 is 2.06 bits per heavy atom. The third-order valence-corrected chi connectivity index (χ3v) is 2.92. The van der Waals surface area contributed by atoms with Gasteiger partial charge >= 0.3 is 0 Å². The van der Waals surface area contributed by atoms with Gasteiger partial charge < -0.3 is 4.57 Å². The Labute approximate surface area is 104 Å². The Bertz CT molecular complexity index is 665. The van der Waals surface area contributed by atoms with Crippen molar-refractivity contribution in [3.8, 4) is 11.8 Å². The van der Waals surface area contributed by atoms with Crippen molar-refractivity contribution < 1.29 is 9.18 Å². The second-order valence-electron chi connectivity index (χ2n) is 4.05. The first-order valence-electron chi connectivity index (χ1n) is 5.42. The third-order valence-electron chi connectivity index (χ3n) is 2.92. The van der Waals surface area contributed by atoms with Crippen LogP contribution < -0.4 is 0 Å². The molecule has 0 radical (unpaired) electrons. The second-order valence-corrected chi connectivity index (χ2v) is 4.05. The van der Waals surface area contributed by atoms with Crippen LogP contribution in [0.2, 0.25) is 0 Å². The zero-order valence-corrected chi connectivity index (χ0v) is 10.1. The molecule has 0 N–H and O–H groups in total. The van der Waals surface area contributed by atoms with Crippen LogP contribution in [0, 0.1) is 31.0 Å². The van der Waals surface area contributed by atoms with Gasteiger partial charge in [-0.2, -0.15) is 5.26 Å². The lowest BCUT2D eigenvalue weighted by Crippen LogP contribution is -2.02. The van der Waals surface area contributed by atoms with Crippen molar-refractivity contribution in [2.24, 2.45) is 0 Å². The minimum Gasteiger partial charge on any atom is -0.316 e. The number of hydrogen-bond acceptors (Lipinski definition) is 2. The number of hydrogen-bond donors (Lipinski definition) is 0. The highest BCUT2D eigenvalue weighted by Crippen LogP contribution is 2.23. The van der Waals surface area contributed by atoms with Gasteiger partial charge in [0, 0.05) is 17.0 Å². The van der Waals surface area contributed by atoms with E-state index in [-0.39, 0.29) is 5.56 Å². The fourth-order valence-electron chi connectivity index (χ4n) is 2.07. The van der Waals surface area contributed by atoms with Gasteiger partial charge in [-0.25, -0.2) is 4.39 Å². The molecule has 3 nitrogen and oxygen atoms in total. The van der Waals surface area contributed by atoms with E-state index in [2.05, 4.69) is 0 Å². The van der Waals surface area contributed by atoms with E-state index in [1.54, 1.807) is 23.6 Å². The smallest absolute Gasteiger partial charge is 0.151 e. The van der Waals surface area contributed by atoms with E-state index in [1.807, 2.05) is 13.0 Å². The summed E-state index contributed by atoms with van der Waals surface area (Å²) >= 11 is 0. The molecule has 0 amide bonds. The van der Waals surface area contributed by atoms with Crippen LogP contribution >= 0.6 is 0 Å². The molecule has 0 atom stereocenters. The van der Waals surface area contributed by atoms with Crippen molar-refractivity contribution in [1.82, 2.24) is 4.57 Å². The number of carbonyl (C=O) groups is 1. The van der Waals surface area contributed by atoms with Gasteiger partial charge in [0.25, 0.3) is 0 Å². The van der Waals surface area contributed by atoms with E-state index in [0.717, 1.165) is 17.7 Å². The quantitative estimate of drug-likeness (QED) is 0.760. The van der Waals surface area contributed by atoms with Crippen LogP contribution in [0.25, 0.3) is 5.69 Å². The second kappa shape index (κ2) is 4.46. The highest BCUT2D eigenvalue weighted by molar-refractivity contribution is 5.78. The van der Waals surface area contributed by atoms with Gasteiger partial charge in [0.1, 0.15) is 11.9 Å². The molecule has 18 heavy (non-hydrogen) atoms. The number of halogens is 1. The van der Waals surface area contributed by atoms with Crippen LogP contribution in [0.15, 0.2) is 24.3 Å². The number of aryl methyl sites for hydroxylation is 1. The van der Waals surface area contributed by atoms with Crippen molar-refractivity contribution in [3.63, 3.8) is 0 Å². The molecule has 0 aliphatic heterocycles. The summed E-state index contributed by atoms with van der Waals surface area (Å²) < 4.78 is 14.9. The zero-order valence-electron chi connectivity index (χ0n) is 10.1. The van der Waals surface area contributed by atoms with Gasteiger partial charge in [-0.1, -0.05) is 0 Å². The SMILES string of the molecule is Cc1cc(C=O)c(C)n1-c1ccc(F)cc1C#N. The number of rotatable bonds is 2. The normalized spacial score (nSPS) is 10.1. The summed E-state index contributed by atoms with van der Waals surface area (Å²) in [4.78, 5) is 10.9. The number of aldehydes is 1. The monoisotopic (exact) mass is 242 g/mol. The van der Waals surface area contributed by atoms with Crippen LogP contribution in [-0.4, -0.2) is 10.9 Å². The van der Waals surface area contributed by atoms with Crippen molar-refractivity contribution in [1.29, 1.82) is 5.26 Å². The molecule has 1 heterocycles. The van der Waals surface area contributed by atoms with Gasteiger partial charge in [-0.3, -0.25) is 4.79 Å². The largest absolute Gasteiger partial charge is 0.316 e. The zero-order chi connectivity index (χ0) is 13.3. The lowest BCUT2D eigenvalue weighted by Gasteiger charge is -2.11. The predicted octanol–water partition coefficient (Wildman–Crippen LogP) is 2.92. The molecule has 0 fully saturated rings. The molecule has 1 aromatic heterocycles. The molecular formula is C14H11FN2O. The Balaban J connectivity index is 2.74. The first-order valence-corrected chi connectivity index (χ1v) is 5.42. The van der Waals surface area contributed by atoms with E-state index in [9.17, 15) is 9.18 Å². The van der Waals surface area contributed by atoms with E-state index in [4.69, 9.17) is 5.26 Å². The number of benzene rings is 1. The summed E-state index contributed by atoms with van der Waals surface area (Å²) in [7, 11) is 0. The summed E-state index contributed by atoms with van der Waals surface area (Å²) in [5.41, 5.74) is 2.97. The Morgan fingerprint density at radius 3 is 2.61 bits per heavy atom. The average Bonchev–Trinajstić information content (AvgIpc) is 2.64. The minimum absolute atomic E-state index is 0.245. The van der Waals surface area contributed by atoms with Gasteiger partial charge in [0.2, 0.25) is 0 Å². The van der Waals surface area contributed by atoms with Crippen LogP contribution in [0.4, 0.5) is 4.39 Å². The van der Waals surface area contributed by atoms with E-state index < -0.39 is 5.82 Å². The Hall–Kier alpha value is -2.41. The highest BCUT2D eigenvalue weighted by Gasteiger charge is 2.13. The number of aromatic nitrogens is 1. The van der Waals surface area contributed by atoms with Crippen LogP contribution in [0.5, 0.6) is 0 Å². The molecule has 2 aromatic rings. The number of nitrogens with zero attached hydrogens (tertiary/aromatic N) is 2. The van der Waals surface area contributed by atoms with Crippen LogP contribution in [-0.2, 0) is 0 Å². The fraction of sp³-hybridized carbons (Fsp3) is 0.143. The molecule has 2 rings (SSSR count). The molecule has 0 bridgehead atoms. The molecule has 0 saturated heterocycles. The topological polar surface area (TPSA) is 45.8 Å². The van der Waals surface area contributed by atoms with E-state index >= 15 is 0 Å². The summed E-state index contributed by atoms with van der Waals surface area (Å²) in [5.74, 6) is -0.451. The maximum Gasteiger partial charge on any atom is 0.151 e. The molecule has 0 aliphatic rings. The molecule has 4 heteroatoms. The van der Waals surface area contributed by atoms with Crippen molar-refractivity contribution >= 4 is 6.29 Å². The fourth-order valence-corrected chi connectivity index (χ4v) is 2.07. The number of carbonyl (C=O) groups excluding carboxylic acids is 1. The molecular weight excluding hydrogens is 231 g/mol. The molecule has 0 spiro atoms. The van der Waals surface area contributed by atoms with Gasteiger partial charge in [0.05, 0.1) is 11.3 Å². The molecule has 0 aliphatic carbocycles. The highest BCUT2D eigenvalue weighted by atomic mass is 19.1. The van der Waals surface area contributed by atoms with E-state index in [1.165, 1.54) is 12.1 Å². The lowest BCUT2D eigenvalue weighted by molar-refractivity contribution is 0.112. The van der Waals surface area contributed by atoms with Crippen LogP contribution in [0.3, 0.4) is 0 Å². The molecule has 0 saturated carbocycles. The summed E-state index contributed by atoms with van der Waals surface area (Å²) in [6, 6.07) is 7.74. The van der Waals surface area contributed by atoms with Gasteiger partial charge in [-0.05, 0) is 38.1 Å². The van der Waals surface area contributed by atoms with Gasteiger partial charge in [-0.15, -0.1) is 0 Å². The average molecular weight is 242 g/mol. The van der Waals surface area contributed by atoms with Crippen molar-refractivity contribution in [2.45, 2.75) is 13.8 Å². The minimum atomic E-state index is -0.451. The predicted molar refractivity (Wildman–Crippen MR) is 65.3 cm³/mol. The lowest BCUT2D eigenvalue weighted by atomic mass is 10.2. The third kappa shape index (κ3) is 1.80. The maximum absolute atomic E-state index is 13.1. The Kier molecular flexibility index (Phi) is 2.99. The molecule has 0 unspecified atom stereocenters. The van der Waals surface area contributed by atoms with Crippen molar-refractivity contribution in [3.05, 3.63) is 52.6 Å². The van der Waals surface area contributed by atoms with E-state index in [0.29, 0.717) is 11.3 Å². The first-order chi connectivity index (χ1) is 8.58. The number of nitriles is 1. The van der Waals surface area contributed by atoms with Crippen LogP contribution in [0.1, 0.15) is 27.3 Å². The standard InChI is InChI=1S/C14H11FN2O/c1-9-5-12(8-18)10(2)17(9)14-4-3-13(15)6-11(14)7-16/h3-6,8H,1-2H3. The summed E-state index contributed by atoms with van der Waals surface area (Å²) in [6.07, 6.45) is 0.772. The maximum atomic E-state index is 13.1. The first kappa shape index (κ1) is 12.1.